The van der Waals surface area contributed by atoms with Crippen molar-refractivity contribution in [2.24, 2.45) is 5.92 Å². The molecule has 136 valence electrons. The lowest BCUT2D eigenvalue weighted by Crippen LogP contribution is -2.35. The molecule has 0 spiro atoms. The number of para-hydroxylation sites is 1. The van der Waals surface area contributed by atoms with Gasteiger partial charge >= 0.3 is 0 Å². The SMILES string of the molecule is O=C(NCCOc1ccc(F)cc1)[C@@H]1CC(=O)N(c2ccccc2F)C1. The van der Waals surface area contributed by atoms with E-state index in [1.54, 1.807) is 12.1 Å². The number of hydrogen-bond acceptors (Lipinski definition) is 3. The molecule has 7 heteroatoms. The van der Waals surface area contributed by atoms with Crippen LogP contribution in [0, 0.1) is 17.6 Å². The summed E-state index contributed by atoms with van der Waals surface area (Å²) < 4.78 is 32.0. The van der Waals surface area contributed by atoms with Gasteiger partial charge in [0.25, 0.3) is 0 Å². The van der Waals surface area contributed by atoms with Gasteiger partial charge in [0.1, 0.15) is 24.0 Å². The molecule has 1 fully saturated rings. The molecular weight excluding hydrogens is 342 g/mol. The Morgan fingerprint density at radius 3 is 2.62 bits per heavy atom. The number of nitrogens with one attached hydrogen (secondary N) is 1. The summed E-state index contributed by atoms with van der Waals surface area (Å²) in [7, 11) is 0. The van der Waals surface area contributed by atoms with E-state index in [1.165, 1.54) is 41.3 Å². The van der Waals surface area contributed by atoms with E-state index < -0.39 is 11.7 Å². The van der Waals surface area contributed by atoms with Crippen molar-refractivity contribution in [2.45, 2.75) is 6.42 Å². The van der Waals surface area contributed by atoms with Crippen molar-refractivity contribution < 1.29 is 23.1 Å². The Hall–Kier alpha value is -2.96. The van der Waals surface area contributed by atoms with Crippen LogP contribution in [0.1, 0.15) is 6.42 Å². The van der Waals surface area contributed by atoms with E-state index in [-0.39, 0.29) is 49.4 Å². The quantitative estimate of drug-likeness (QED) is 0.806. The Morgan fingerprint density at radius 2 is 1.88 bits per heavy atom. The van der Waals surface area contributed by atoms with E-state index in [2.05, 4.69) is 5.32 Å². The molecule has 1 N–H and O–H groups in total. The summed E-state index contributed by atoms with van der Waals surface area (Å²) in [5, 5.41) is 2.70. The fourth-order valence-corrected chi connectivity index (χ4v) is 2.80. The molecule has 26 heavy (non-hydrogen) atoms. The summed E-state index contributed by atoms with van der Waals surface area (Å²) in [6.45, 7) is 0.611. The van der Waals surface area contributed by atoms with Crippen LogP contribution in [0.15, 0.2) is 48.5 Å². The van der Waals surface area contributed by atoms with Gasteiger partial charge in [-0.3, -0.25) is 9.59 Å². The summed E-state index contributed by atoms with van der Waals surface area (Å²) in [6.07, 6.45) is 0.0407. The van der Waals surface area contributed by atoms with Crippen molar-refractivity contribution in [3.8, 4) is 5.75 Å². The molecule has 1 atom stereocenters. The van der Waals surface area contributed by atoms with Crippen molar-refractivity contribution in [1.29, 1.82) is 0 Å². The maximum atomic E-state index is 13.8. The Bertz CT molecular complexity index is 796. The highest BCUT2D eigenvalue weighted by Crippen LogP contribution is 2.27. The third-order valence-corrected chi connectivity index (χ3v) is 4.12. The Balaban J connectivity index is 1.47. The largest absolute Gasteiger partial charge is 0.492 e. The number of hydrogen-bond donors (Lipinski definition) is 1. The highest BCUT2D eigenvalue weighted by molar-refractivity contribution is 6.00. The molecule has 2 aromatic rings. The van der Waals surface area contributed by atoms with Crippen molar-refractivity contribution in [3.05, 3.63) is 60.2 Å². The van der Waals surface area contributed by atoms with Gasteiger partial charge in [0.05, 0.1) is 18.2 Å². The lowest BCUT2D eigenvalue weighted by atomic mass is 10.1. The molecule has 3 rings (SSSR count). The Labute approximate surface area is 149 Å². The van der Waals surface area contributed by atoms with Crippen LogP contribution in [-0.4, -0.2) is 31.5 Å². The zero-order valence-electron chi connectivity index (χ0n) is 14.0. The molecule has 1 saturated heterocycles. The lowest BCUT2D eigenvalue weighted by molar-refractivity contribution is -0.126. The molecule has 0 bridgehead atoms. The van der Waals surface area contributed by atoms with E-state index in [0.29, 0.717) is 5.75 Å². The van der Waals surface area contributed by atoms with Gasteiger partial charge in [0.2, 0.25) is 11.8 Å². The van der Waals surface area contributed by atoms with Crippen LogP contribution in [0.4, 0.5) is 14.5 Å². The number of nitrogens with zero attached hydrogens (tertiary/aromatic N) is 1. The molecular formula is C19H18F2N2O3. The van der Waals surface area contributed by atoms with Gasteiger partial charge < -0.3 is 15.0 Å². The topological polar surface area (TPSA) is 58.6 Å². The van der Waals surface area contributed by atoms with E-state index >= 15 is 0 Å². The minimum absolute atomic E-state index is 0.0407. The second-order valence-electron chi connectivity index (χ2n) is 5.95. The molecule has 1 heterocycles. The second kappa shape index (κ2) is 7.95. The molecule has 0 saturated carbocycles. The zero-order valence-corrected chi connectivity index (χ0v) is 14.0. The zero-order chi connectivity index (χ0) is 18.5. The lowest BCUT2D eigenvalue weighted by Gasteiger charge is -2.17. The number of halogens is 2. The average Bonchev–Trinajstić information content (AvgIpc) is 3.02. The number of rotatable bonds is 6. The van der Waals surface area contributed by atoms with E-state index in [1.807, 2.05) is 0 Å². The number of ether oxygens (including phenoxy) is 1. The molecule has 1 aliphatic heterocycles. The molecule has 1 aliphatic rings. The minimum Gasteiger partial charge on any atom is -0.492 e. The van der Waals surface area contributed by atoms with Gasteiger partial charge in [-0.1, -0.05) is 12.1 Å². The predicted octanol–water partition coefficient (Wildman–Crippen LogP) is 2.51. The number of amides is 2. The third-order valence-electron chi connectivity index (χ3n) is 4.12. The van der Waals surface area contributed by atoms with Crippen LogP contribution in [-0.2, 0) is 9.59 Å². The summed E-state index contributed by atoms with van der Waals surface area (Å²) >= 11 is 0. The van der Waals surface area contributed by atoms with Crippen molar-refractivity contribution in [2.75, 3.05) is 24.6 Å². The van der Waals surface area contributed by atoms with Gasteiger partial charge in [0, 0.05) is 13.0 Å². The predicted molar refractivity (Wildman–Crippen MR) is 91.8 cm³/mol. The average molecular weight is 360 g/mol. The first-order chi connectivity index (χ1) is 12.5. The highest BCUT2D eigenvalue weighted by atomic mass is 19.1. The van der Waals surface area contributed by atoms with Crippen LogP contribution >= 0.6 is 0 Å². The normalized spacial score (nSPS) is 16.6. The molecule has 0 radical (unpaired) electrons. The third kappa shape index (κ3) is 4.17. The molecule has 2 amide bonds. The standard InChI is InChI=1S/C19H18F2N2O3/c20-14-5-7-15(8-6-14)26-10-9-22-19(25)13-11-18(24)23(12-13)17-4-2-1-3-16(17)21/h1-8,13H,9-12H2,(H,22,25)/t13-/m1/s1. The van der Waals surface area contributed by atoms with Gasteiger partial charge in [-0.25, -0.2) is 8.78 Å². The van der Waals surface area contributed by atoms with Crippen LogP contribution in [0.5, 0.6) is 5.75 Å². The Morgan fingerprint density at radius 1 is 1.15 bits per heavy atom. The van der Waals surface area contributed by atoms with E-state index in [0.717, 1.165) is 0 Å². The fourth-order valence-electron chi connectivity index (χ4n) is 2.80. The van der Waals surface area contributed by atoms with Crippen LogP contribution in [0.25, 0.3) is 0 Å². The first-order valence-corrected chi connectivity index (χ1v) is 8.25. The number of anilines is 1. The fraction of sp³-hybridized carbons (Fsp3) is 0.263. The van der Waals surface area contributed by atoms with Crippen LogP contribution in [0.3, 0.4) is 0 Å². The summed E-state index contributed by atoms with van der Waals surface area (Å²) in [6, 6.07) is 11.6. The highest BCUT2D eigenvalue weighted by Gasteiger charge is 2.35. The van der Waals surface area contributed by atoms with Crippen LogP contribution in [0.2, 0.25) is 0 Å². The molecule has 5 nitrogen and oxygen atoms in total. The van der Waals surface area contributed by atoms with Gasteiger partial charge in [-0.05, 0) is 36.4 Å². The van der Waals surface area contributed by atoms with Crippen molar-refractivity contribution in [3.63, 3.8) is 0 Å². The summed E-state index contributed by atoms with van der Waals surface area (Å²) in [5.74, 6) is -1.43. The monoisotopic (exact) mass is 360 g/mol. The first-order valence-electron chi connectivity index (χ1n) is 8.25. The molecule has 2 aromatic carbocycles. The van der Waals surface area contributed by atoms with Gasteiger partial charge in [0.15, 0.2) is 0 Å². The first kappa shape index (κ1) is 17.8. The minimum atomic E-state index is -0.534. The molecule has 0 aliphatic carbocycles. The second-order valence-corrected chi connectivity index (χ2v) is 5.95. The maximum absolute atomic E-state index is 13.8. The van der Waals surface area contributed by atoms with Crippen molar-refractivity contribution >= 4 is 17.5 Å². The number of benzene rings is 2. The van der Waals surface area contributed by atoms with Crippen molar-refractivity contribution in [1.82, 2.24) is 5.32 Å². The van der Waals surface area contributed by atoms with E-state index in [9.17, 15) is 18.4 Å². The number of carbonyl (C=O) groups excluding carboxylic acids is 2. The van der Waals surface area contributed by atoms with Gasteiger partial charge in [-0.15, -0.1) is 0 Å². The molecule has 0 unspecified atom stereocenters. The smallest absolute Gasteiger partial charge is 0.227 e. The van der Waals surface area contributed by atoms with E-state index in [4.69, 9.17) is 4.74 Å². The molecule has 0 aromatic heterocycles. The maximum Gasteiger partial charge on any atom is 0.227 e. The Kier molecular flexibility index (Phi) is 5.46. The number of carbonyl (C=O) groups is 2. The summed E-state index contributed by atoms with van der Waals surface area (Å²) in [4.78, 5) is 25.6. The van der Waals surface area contributed by atoms with Crippen LogP contribution < -0.4 is 15.0 Å². The summed E-state index contributed by atoms with van der Waals surface area (Å²) in [5.41, 5.74) is 0.187. The van der Waals surface area contributed by atoms with Gasteiger partial charge in [-0.2, -0.15) is 0 Å².